The lowest BCUT2D eigenvalue weighted by molar-refractivity contribution is -0.121. The molecule has 0 atom stereocenters. The number of carbonyl (C=O) groups is 1. The van der Waals surface area contributed by atoms with E-state index in [4.69, 9.17) is 0 Å². The van der Waals surface area contributed by atoms with Gasteiger partial charge in [-0.2, -0.15) is 0 Å². The number of likely N-dealkylation sites (tertiary alicyclic amines) is 1. The minimum absolute atomic E-state index is 0.0532. The van der Waals surface area contributed by atoms with Crippen molar-refractivity contribution in [1.82, 2.24) is 29.5 Å². The zero-order valence-corrected chi connectivity index (χ0v) is 18.7. The van der Waals surface area contributed by atoms with Crippen LogP contribution in [-0.2, 0) is 21.4 Å². The summed E-state index contributed by atoms with van der Waals surface area (Å²) >= 11 is 0. The van der Waals surface area contributed by atoms with Crippen molar-refractivity contribution >= 4 is 27.0 Å². The molecule has 9 nitrogen and oxygen atoms in total. The molecule has 1 fully saturated rings. The van der Waals surface area contributed by atoms with Crippen molar-refractivity contribution in [3.8, 4) is 0 Å². The first-order valence-corrected chi connectivity index (χ1v) is 12.1. The molecule has 166 valence electrons. The van der Waals surface area contributed by atoms with E-state index in [0.29, 0.717) is 31.4 Å². The van der Waals surface area contributed by atoms with Gasteiger partial charge in [0.1, 0.15) is 5.52 Å². The molecule has 0 bridgehead atoms. The fourth-order valence-electron chi connectivity index (χ4n) is 3.68. The molecular weight excluding hydrogens is 404 g/mol. The topological polar surface area (TPSA) is 100 Å². The molecular formula is C20H32N6O3S. The first-order valence-electron chi connectivity index (χ1n) is 10.6. The van der Waals surface area contributed by atoms with Crippen LogP contribution in [0.4, 0.5) is 0 Å². The van der Waals surface area contributed by atoms with E-state index in [2.05, 4.69) is 20.5 Å². The van der Waals surface area contributed by atoms with Gasteiger partial charge in [-0.25, -0.2) is 17.4 Å². The first kappa shape index (κ1) is 22.6. The number of sulfonamides is 1. The molecule has 1 aromatic heterocycles. The van der Waals surface area contributed by atoms with Crippen molar-refractivity contribution in [1.29, 1.82) is 0 Å². The highest BCUT2D eigenvalue weighted by Gasteiger charge is 2.18. The Labute approximate surface area is 178 Å². The zero-order valence-electron chi connectivity index (χ0n) is 17.9. The van der Waals surface area contributed by atoms with Crippen LogP contribution in [0.1, 0.15) is 38.5 Å². The smallest absolute Gasteiger partial charge is 0.242 e. The lowest BCUT2D eigenvalue weighted by Gasteiger charge is -2.26. The maximum Gasteiger partial charge on any atom is 0.242 e. The van der Waals surface area contributed by atoms with Crippen LogP contribution in [0.3, 0.4) is 0 Å². The van der Waals surface area contributed by atoms with Gasteiger partial charge in [-0.15, -0.1) is 5.10 Å². The van der Waals surface area contributed by atoms with E-state index < -0.39 is 10.0 Å². The van der Waals surface area contributed by atoms with E-state index in [-0.39, 0.29) is 10.8 Å². The summed E-state index contributed by atoms with van der Waals surface area (Å²) in [6, 6.07) is 4.81. The number of aryl methyl sites for hydroxylation is 1. The number of fused-ring (bicyclic) bond motifs is 1. The molecule has 1 aliphatic rings. The van der Waals surface area contributed by atoms with Crippen molar-refractivity contribution < 1.29 is 13.2 Å². The Kier molecular flexibility index (Phi) is 7.79. The van der Waals surface area contributed by atoms with Crippen LogP contribution in [0.25, 0.3) is 11.0 Å². The van der Waals surface area contributed by atoms with Gasteiger partial charge in [0.05, 0.1) is 10.4 Å². The number of rotatable bonds is 10. The molecule has 0 aliphatic carbocycles. The highest BCUT2D eigenvalue weighted by Crippen LogP contribution is 2.19. The predicted octanol–water partition coefficient (Wildman–Crippen LogP) is 1.45. The molecule has 0 saturated carbocycles. The molecule has 1 aliphatic heterocycles. The Morgan fingerprint density at radius 1 is 1.13 bits per heavy atom. The van der Waals surface area contributed by atoms with E-state index in [0.717, 1.165) is 18.5 Å². The third-order valence-electron chi connectivity index (χ3n) is 5.46. The maximum absolute atomic E-state index is 12.3. The number of hydrogen-bond donors (Lipinski definition) is 1. The average Bonchev–Trinajstić information content (AvgIpc) is 3.14. The highest BCUT2D eigenvalue weighted by atomic mass is 32.2. The molecule has 3 rings (SSSR count). The van der Waals surface area contributed by atoms with Crippen LogP contribution >= 0.6 is 0 Å². The third-order valence-corrected chi connectivity index (χ3v) is 7.27. The zero-order chi connectivity index (χ0) is 21.6. The van der Waals surface area contributed by atoms with Crippen molar-refractivity contribution in [2.75, 3.05) is 40.3 Å². The number of nitrogens with zero attached hydrogens (tertiary/aromatic N) is 5. The van der Waals surface area contributed by atoms with Crippen LogP contribution in [0.15, 0.2) is 23.1 Å². The predicted molar refractivity (Wildman–Crippen MR) is 116 cm³/mol. The summed E-state index contributed by atoms with van der Waals surface area (Å²) in [5.74, 6) is 0.0532. The molecule has 1 amide bonds. The summed E-state index contributed by atoms with van der Waals surface area (Å²) in [7, 11) is -0.515. The quantitative estimate of drug-likeness (QED) is 0.566. The number of piperidine rings is 1. The van der Waals surface area contributed by atoms with Gasteiger partial charge in [0.2, 0.25) is 15.9 Å². The lowest BCUT2D eigenvalue weighted by Crippen LogP contribution is -2.33. The fourth-order valence-corrected chi connectivity index (χ4v) is 4.60. The summed E-state index contributed by atoms with van der Waals surface area (Å²) < 4.78 is 27.4. The molecule has 1 aromatic carbocycles. The van der Waals surface area contributed by atoms with Crippen molar-refractivity contribution in [2.45, 2.75) is 50.0 Å². The van der Waals surface area contributed by atoms with Gasteiger partial charge in [0.25, 0.3) is 0 Å². The van der Waals surface area contributed by atoms with Crippen LogP contribution in [0, 0.1) is 0 Å². The third kappa shape index (κ3) is 5.77. The van der Waals surface area contributed by atoms with Gasteiger partial charge in [-0.1, -0.05) is 11.6 Å². The van der Waals surface area contributed by atoms with E-state index in [9.17, 15) is 13.2 Å². The summed E-state index contributed by atoms with van der Waals surface area (Å²) in [6.45, 7) is 4.68. The second kappa shape index (κ2) is 10.3. The summed E-state index contributed by atoms with van der Waals surface area (Å²) in [6.07, 6.45) is 5.97. The summed E-state index contributed by atoms with van der Waals surface area (Å²) in [4.78, 5) is 14.7. The van der Waals surface area contributed by atoms with Crippen LogP contribution in [0.2, 0.25) is 0 Å². The number of amides is 1. The second-order valence-corrected chi connectivity index (χ2v) is 10.1. The van der Waals surface area contributed by atoms with Gasteiger partial charge < -0.3 is 10.2 Å². The normalized spacial score (nSPS) is 15.7. The van der Waals surface area contributed by atoms with Gasteiger partial charge in [0.15, 0.2) is 0 Å². The van der Waals surface area contributed by atoms with Crippen molar-refractivity contribution in [3.05, 3.63) is 18.2 Å². The van der Waals surface area contributed by atoms with Crippen LogP contribution in [-0.4, -0.2) is 78.8 Å². The van der Waals surface area contributed by atoms with Crippen molar-refractivity contribution in [3.63, 3.8) is 0 Å². The molecule has 0 spiro atoms. The molecule has 30 heavy (non-hydrogen) atoms. The number of nitrogens with one attached hydrogen (secondary N) is 1. The van der Waals surface area contributed by atoms with Crippen LogP contribution < -0.4 is 5.32 Å². The molecule has 0 unspecified atom stereocenters. The van der Waals surface area contributed by atoms with Gasteiger partial charge in [-0.3, -0.25) is 4.79 Å². The largest absolute Gasteiger partial charge is 0.356 e. The lowest BCUT2D eigenvalue weighted by atomic mass is 10.1. The SMILES string of the molecule is CN(C)S(=O)(=O)c1ccc2c(c1)nnn2CCCC(=O)NCCCN1CCCCC1. The van der Waals surface area contributed by atoms with Gasteiger partial charge in [-0.05, 0) is 63.5 Å². The first-order chi connectivity index (χ1) is 14.4. The Morgan fingerprint density at radius 2 is 1.90 bits per heavy atom. The minimum Gasteiger partial charge on any atom is -0.356 e. The average molecular weight is 437 g/mol. The minimum atomic E-state index is -3.51. The monoisotopic (exact) mass is 436 g/mol. The highest BCUT2D eigenvalue weighted by molar-refractivity contribution is 7.89. The van der Waals surface area contributed by atoms with E-state index >= 15 is 0 Å². The van der Waals surface area contributed by atoms with E-state index in [1.54, 1.807) is 16.8 Å². The number of carbonyl (C=O) groups excluding carboxylic acids is 1. The van der Waals surface area contributed by atoms with Gasteiger partial charge >= 0.3 is 0 Å². The molecule has 1 saturated heterocycles. The second-order valence-electron chi connectivity index (χ2n) is 7.96. The number of benzene rings is 1. The summed E-state index contributed by atoms with van der Waals surface area (Å²) in [5.41, 5.74) is 1.29. The Morgan fingerprint density at radius 3 is 2.63 bits per heavy atom. The molecule has 10 heteroatoms. The Bertz CT molecular complexity index is 951. The van der Waals surface area contributed by atoms with Gasteiger partial charge in [0, 0.05) is 33.6 Å². The van der Waals surface area contributed by atoms with E-state index in [1.807, 2.05) is 0 Å². The Hall–Kier alpha value is -2.04. The Balaban J connectivity index is 1.42. The molecule has 2 heterocycles. The molecule has 0 radical (unpaired) electrons. The summed E-state index contributed by atoms with van der Waals surface area (Å²) in [5, 5.41) is 11.2. The van der Waals surface area contributed by atoms with E-state index in [1.165, 1.54) is 56.8 Å². The number of aromatic nitrogens is 3. The maximum atomic E-state index is 12.3. The molecule has 2 aromatic rings. The fraction of sp³-hybridized carbons (Fsp3) is 0.650. The van der Waals surface area contributed by atoms with Crippen molar-refractivity contribution in [2.24, 2.45) is 0 Å². The standard InChI is InChI=1S/C20H32N6O3S/c1-24(2)30(28,29)17-9-10-19-18(16-17)22-23-26(19)15-6-8-20(27)21-11-7-14-25-12-4-3-5-13-25/h9-10,16H,3-8,11-15H2,1-2H3,(H,21,27). The van der Waals surface area contributed by atoms with Crippen LogP contribution in [0.5, 0.6) is 0 Å². The number of hydrogen-bond acceptors (Lipinski definition) is 6. The molecule has 1 N–H and O–H groups in total.